The lowest BCUT2D eigenvalue weighted by molar-refractivity contribution is -0.137. The van der Waals surface area contributed by atoms with Gasteiger partial charge in [-0.2, -0.15) is 0 Å². The molecule has 0 heterocycles. The fraction of sp³-hybridized carbons (Fsp3) is 0.810. The van der Waals surface area contributed by atoms with Crippen molar-refractivity contribution in [3.8, 4) is 0 Å². The molecule has 1 aliphatic carbocycles. The summed E-state index contributed by atoms with van der Waals surface area (Å²) in [6, 6.07) is 0. The van der Waals surface area contributed by atoms with E-state index in [4.69, 9.17) is 5.11 Å². The molecule has 0 aromatic heterocycles. The first-order chi connectivity index (χ1) is 12.8. The van der Waals surface area contributed by atoms with E-state index in [-0.39, 0.29) is 18.3 Å². The SMILES string of the molecule is CCCCC[C@@](C)(O)C/[SH]=C/[C@@H]1[C@@H](C/C=C\CCCC(=O)O)[C@@H](O)C[C@H]1O. The van der Waals surface area contributed by atoms with Crippen LogP contribution in [0.3, 0.4) is 0 Å². The maximum absolute atomic E-state index is 10.5. The second-order valence-corrected chi connectivity index (χ2v) is 9.03. The maximum Gasteiger partial charge on any atom is 0.303 e. The molecule has 4 N–H and O–H groups in total. The Morgan fingerprint density at radius 3 is 2.59 bits per heavy atom. The molecule has 0 bridgehead atoms. The van der Waals surface area contributed by atoms with Crippen molar-refractivity contribution in [1.29, 1.82) is 0 Å². The van der Waals surface area contributed by atoms with Crippen molar-refractivity contribution in [1.82, 2.24) is 0 Å². The Kier molecular flexibility index (Phi) is 11.5. The standard InChI is InChI=1S/C21H38O5S/c1-3-4-9-12-21(2,26)15-27-14-17-16(18(22)13-19(17)23)10-7-5-6-8-11-20(24)25/h5,7,14,16-19,22-23,26-27H,3-4,6,8-13,15H2,1-2H3,(H,24,25)/b7-5-/t16-,17-,18+,19-,21-/m1/s1. The third-order valence-corrected chi connectivity index (χ3v) is 6.70. The number of aliphatic hydroxyl groups excluding tert-OH is 2. The number of carbonyl (C=O) groups is 1. The largest absolute Gasteiger partial charge is 0.481 e. The molecule has 27 heavy (non-hydrogen) atoms. The molecule has 0 aromatic carbocycles. The number of carboxylic acids is 1. The Morgan fingerprint density at radius 2 is 1.93 bits per heavy atom. The quantitative estimate of drug-likeness (QED) is 0.141. The third-order valence-electron chi connectivity index (χ3n) is 5.28. The van der Waals surface area contributed by atoms with Crippen LogP contribution < -0.4 is 0 Å². The number of hydrogen-bond donors (Lipinski definition) is 5. The van der Waals surface area contributed by atoms with Crippen molar-refractivity contribution in [3.05, 3.63) is 12.2 Å². The number of aliphatic carboxylic acids is 1. The molecule has 0 saturated heterocycles. The van der Waals surface area contributed by atoms with Crippen molar-refractivity contribution in [2.75, 3.05) is 5.75 Å². The zero-order valence-corrected chi connectivity index (χ0v) is 17.7. The zero-order valence-electron chi connectivity index (χ0n) is 16.8. The molecule has 0 aromatic rings. The van der Waals surface area contributed by atoms with Crippen LogP contribution in [0.25, 0.3) is 0 Å². The Hall–Kier alpha value is -0.690. The van der Waals surface area contributed by atoms with Crippen LogP contribution in [0, 0.1) is 11.8 Å². The van der Waals surface area contributed by atoms with E-state index >= 15 is 0 Å². The molecule has 0 aliphatic heterocycles. The average molecular weight is 403 g/mol. The first-order valence-corrected chi connectivity index (χ1v) is 11.4. The molecular weight excluding hydrogens is 364 g/mol. The summed E-state index contributed by atoms with van der Waals surface area (Å²) in [6.45, 7) is 4.02. The topological polar surface area (TPSA) is 98.0 Å². The van der Waals surface area contributed by atoms with Crippen LogP contribution in [-0.4, -0.2) is 55.3 Å². The van der Waals surface area contributed by atoms with Crippen LogP contribution in [0.2, 0.25) is 0 Å². The predicted molar refractivity (Wildman–Crippen MR) is 114 cm³/mol. The zero-order chi connectivity index (χ0) is 20.3. The van der Waals surface area contributed by atoms with Gasteiger partial charge in [-0.3, -0.25) is 4.79 Å². The summed E-state index contributed by atoms with van der Waals surface area (Å²) in [4.78, 5) is 10.5. The van der Waals surface area contributed by atoms with E-state index in [1.165, 1.54) is 0 Å². The minimum atomic E-state index is -0.781. The summed E-state index contributed by atoms with van der Waals surface area (Å²) in [6.07, 6.45) is 9.54. The molecule has 5 nitrogen and oxygen atoms in total. The lowest BCUT2D eigenvalue weighted by Crippen LogP contribution is -2.27. The number of thiol groups is 1. The summed E-state index contributed by atoms with van der Waals surface area (Å²) in [5, 5.41) is 41.7. The highest BCUT2D eigenvalue weighted by Gasteiger charge is 2.39. The summed E-state index contributed by atoms with van der Waals surface area (Å²) in [5.41, 5.74) is -0.686. The highest BCUT2D eigenvalue weighted by molar-refractivity contribution is 7.97. The smallest absolute Gasteiger partial charge is 0.303 e. The van der Waals surface area contributed by atoms with Gasteiger partial charge in [0.2, 0.25) is 0 Å². The summed E-state index contributed by atoms with van der Waals surface area (Å²) < 4.78 is 0. The van der Waals surface area contributed by atoms with Crippen molar-refractivity contribution in [2.45, 2.75) is 89.4 Å². The monoisotopic (exact) mass is 402 g/mol. The first kappa shape index (κ1) is 24.3. The normalized spacial score (nSPS) is 28.5. The molecule has 6 heteroatoms. The van der Waals surface area contributed by atoms with Crippen LogP contribution in [0.1, 0.15) is 71.6 Å². The van der Waals surface area contributed by atoms with Gasteiger partial charge in [-0.15, -0.1) is 0 Å². The number of hydrogen-bond acceptors (Lipinski definition) is 4. The molecule has 0 radical (unpaired) electrons. The fourth-order valence-corrected chi connectivity index (χ4v) is 4.91. The second-order valence-electron chi connectivity index (χ2n) is 8.05. The lowest BCUT2D eigenvalue weighted by atomic mass is 9.92. The molecule has 5 atom stereocenters. The van der Waals surface area contributed by atoms with Gasteiger partial charge in [0.1, 0.15) is 0 Å². The van der Waals surface area contributed by atoms with Gasteiger partial charge in [0.05, 0.1) is 17.8 Å². The van der Waals surface area contributed by atoms with Gasteiger partial charge in [-0.05, 0) is 38.5 Å². The van der Waals surface area contributed by atoms with E-state index in [0.717, 1.165) is 37.0 Å². The van der Waals surface area contributed by atoms with Crippen LogP contribution in [-0.2, 0) is 4.79 Å². The van der Waals surface area contributed by atoms with Gasteiger partial charge in [-0.1, -0.05) is 43.7 Å². The molecule has 1 fully saturated rings. The minimum absolute atomic E-state index is 0.0201. The van der Waals surface area contributed by atoms with Gasteiger partial charge in [0, 0.05) is 24.5 Å². The lowest BCUT2D eigenvalue weighted by Gasteiger charge is -2.23. The molecule has 158 valence electrons. The molecular formula is C21H38O5S. The highest BCUT2D eigenvalue weighted by Crippen LogP contribution is 2.35. The van der Waals surface area contributed by atoms with Gasteiger partial charge in [-0.25, -0.2) is 11.4 Å². The number of aliphatic hydroxyl groups is 3. The number of rotatable bonds is 13. The fourth-order valence-electron chi connectivity index (χ4n) is 3.59. The van der Waals surface area contributed by atoms with Crippen LogP contribution in [0.5, 0.6) is 0 Å². The molecule has 0 amide bonds. The Balaban J connectivity index is 2.50. The molecule has 1 rings (SSSR count). The van der Waals surface area contributed by atoms with Crippen LogP contribution in [0.4, 0.5) is 0 Å². The van der Waals surface area contributed by atoms with Gasteiger partial charge >= 0.3 is 5.97 Å². The molecule has 1 saturated carbocycles. The third kappa shape index (κ3) is 9.88. The van der Waals surface area contributed by atoms with Gasteiger partial charge < -0.3 is 20.4 Å². The number of unbranched alkanes of at least 4 members (excludes halogenated alkanes) is 3. The number of allylic oxidation sites excluding steroid dienone is 2. The predicted octanol–water partition coefficient (Wildman–Crippen LogP) is 3.14. The Bertz CT molecular complexity index is 489. The van der Waals surface area contributed by atoms with E-state index in [9.17, 15) is 20.1 Å². The molecule has 0 spiro atoms. The van der Waals surface area contributed by atoms with E-state index in [2.05, 4.69) is 12.3 Å². The average Bonchev–Trinajstić information content (AvgIpc) is 2.84. The van der Waals surface area contributed by atoms with Crippen molar-refractivity contribution in [3.63, 3.8) is 0 Å². The van der Waals surface area contributed by atoms with E-state index in [1.54, 1.807) is 0 Å². The number of carboxylic acid groups (broad SMARTS) is 1. The summed E-state index contributed by atoms with van der Waals surface area (Å²) in [5.74, 6) is -0.227. The first-order valence-electron chi connectivity index (χ1n) is 10.2. The van der Waals surface area contributed by atoms with E-state index in [0.29, 0.717) is 31.4 Å². The highest BCUT2D eigenvalue weighted by atomic mass is 32.1. The Labute approximate surface area is 167 Å². The van der Waals surface area contributed by atoms with Crippen molar-refractivity contribution in [2.24, 2.45) is 11.8 Å². The molecule has 1 aliphatic rings. The Morgan fingerprint density at radius 1 is 1.19 bits per heavy atom. The summed E-state index contributed by atoms with van der Waals surface area (Å²) >= 11 is 0.999. The van der Waals surface area contributed by atoms with Crippen LogP contribution >= 0.6 is 11.4 Å². The van der Waals surface area contributed by atoms with Crippen molar-refractivity contribution >= 4 is 22.7 Å². The molecule has 0 unspecified atom stereocenters. The minimum Gasteiger partial charge on any atom is -0.481 e. The van der Waals surface area contributed by atoms with E-state index in [1.807, 2.05) is 19.1 Å². The summed E-state index contributed by atoms with van der Waals surface area (Å²) in [7, 11) is 0. The van der Waals surface area contributed by atoms with Crippen molar-refractivity contribution < 1.29 is 25.2 Å². The second kappa shape index (κ2) is 12.7. The maximum atomic E-state index is 10.5. The van der Waals surface area contributed by atoms with Gasteiger partial charge in [0.25, 0.3) is 0 Å². The van der Waals surface area contributed by atoms with Crippen LogP contribution in [0.15, 0.2) is 12.2 Å². The van der Waals surface area contributed by atoms with Gasteiger partial charge in [0.15, 0.2) is 0 Å². The van der Waals surface area contributed by atoms with E-state index < -0.39 is 23.8 Å².